The van der Waals surface area contributed by atoms with Gasteiger partial charge < -0.3 is 4.74 Å². The van der Waals surface area contributed by atoms with Crippen molar-refractivity contribution in [3.05, 3.63) is 102 Å². The zero-order valence-corrected chi connectivity index (χ0v) is 17.2. The fourth-order valence-electron chi connectivity index (χ4n) is 4.24. The zero-order valence-electron chi connectivity index (χ0n) is 17.2. The average Bonchev–Trinajstić information content (AvgIpc) is 2.79. The van der Waals surface area contributed by atoms with Crippen LogP contribution in [0.5, 0.6) is 5.75 Å². The van der Waals surface area contributed by atoms with Gasteiger partial charge in [0.15, 0.2) is 11.6 Å². The van der Waals surface area contributed by atoms with Gasteiger partial charge in [-0.25, -0.2) is 22.0 Å². The van der Waals surface area contributed by atoms with Crippen LogP contribution in [0.4, 0.5) is 22.0 Å². The molecular formula is C27H15F5O. The van der Waals surface area contributed by atoms with Crippen LogP contribution < -0.4 is 4.74 Å². The van der Waals surface area contributed by atoms with Crippen molar-refractivity contribution in [3.63, 3.8) is 0 Å². The molecule has 0 heterocycles. The van der Waals surface area contributed by atoms with Crippen molar-refractivity contribution in [1.82, 2.24) is 0 Å². The molecule has 6 heteroatoms. The van der Waals surface area contributed by atoms with E-state index in [0.717, 1.165) is 18.2 Å². The Morgan fingerprint density at radius 2 is 1.09 bits per heavy atom. The van der Waals surface area contributed by atoms with Crippen molar-refractivity contribution in [1.29, 1.82) is 0 Å². The van der Waals surface area contributed by atoms with Gasteiger partial charge in [0.25, 0.3) is 0 Å². The lowest BCUT2D eigenvalue weighted by atomic mass is 9.85. The van der Waals surface area contributed by atoms with E-state index in [4.69, 9.17) is 4.74 Å². The Kier molecular flexibility index (Phi) is 5.01. The Balaban J connectivity index is 2.01. The van der Waals surface area contributed by atoms with Gasteiger partial charge >= 0.3 is 0 Å². The molecule has 0 radical (unpaired) electrons. The van der Waals surface area contributed by atoms with Crippen molar-refractivity contribution < 1.29 is 26.7 Å². The van der Waals surface area contributed by atoms with Gasteiger partial charge in [-0.15, -0.1) is 0 Å². The lowest BCUT2D eigenvalue weighted by molar-refractivity contribution is 0.415. The van der Waals surface area contributed by atoms with Crippen LogP contribution in [0.3, 0.4) is 0 Å². The summed E-state index contributed by atoms with van der Waals surface area (Å²) in [6.07, 6.45) is 0. The molecule has 0 saturated carbocycles. The third-order valence-electron chi connectivity index (χ3n) is 5.70. The van der Waals surface area contributed by atoms with Crippen LogP contribution in [-0.2, 0) is 0 Å². The lowest BCUT2D eigenvalue weighted by Gasteiger charge is -2.18. The first-order valence-electron chi connectivity index (χ1n) is 10.0. The topological polar surface area (TPSA) is 9.23 Å². The summed E-state index contributed by atoms with van der Waals surface area (Å²) < 4.78 is 76.9. The highest BCUT2D eigenvalue weighted by atomic mass is 19.2. The Labute approximate surface area is 185 Å². The van der Waals surface area contributed by atoms with Gasteiger partial charge in [-0.2, -0.15) is 0 Å². The quantitative estimate of drug-likeness (QED) is 0.200. The minimum atomic E-state index is -1.12. The van der Waals surface area contributed by atoms with Gasteiger partial charge in [0.05, 0.1) is 7.11 Å². The highest BCUT2D eigenvalue weighted by molar-refractivity contribution is 6.21. The second kappa shape index (κ2) is 7.89. The van der Waals surface area contributed by atoms with E-state index in [1.807, 2.05) is 0 Å². The standard InChI is InChI=1S/C27H15F5O/c1-33-17-6-2-14(3-7-17)26-20-10-15(28)4-8-18(20)27(19-9-5-16(29)11-23(19)30)22-13-25(32)24(31)12-21(22)26/h2-13H,1H3. The van der Waals surface area contributed by atoms with E-state index in [0.29, 0.717) is 33.7 Å². The van der Waals surface area contributed by atoms with E-state index in [9.17, 15) is 22.0 Å². The largest absolute Gasteiger partial charge is 0.497 e. The van der Waals surface area contributed by atoms with Crippen molar-refractivity contribution in [2.75, 3.05) is 7.11 Å². The van der Waals surface area contributed by atoms with Gasteiger partial charge in [-0.1, -0.05) is 18.2 Å². The molecule has 1 nitrogen and oxygen atoms in total. The highest BCUT2D eigenvalue weighted by Crippen LogP contribution is 2.45. The fourth-order valence-corrected chi connectivity index (χ4v) is 4.24. The van der Waals surface area contributed by atoms with Gasteiger partial charge in [-0.3, -0.25) is 0 Å². The van der Waals surface area contributed by atoms with Gasteiger partial charge in [0, 0.05) is 17.2 Å². The van der Waals surface area contributed by atoms with Crippen LogP contribution in [-0.4, -0.2) is 7.11 Å². The number of fused-ring (bicyclic) bond motifs is 2. The van der Waals surface area contributed by atoms with Crippen molar-refractivity contribution in [2.24, 2.45) is 0 Å². The number of rotatable bonds is 3. The van der Waals surface area contributed by atoms with E-state index in [-0.39, 0.29) is 21.9 Å². The molecule has 0 aliphatic carbocycles. The number of halogens is 5. The molecule has 164 valence electrons. The minimum absolute atomic E-state index is 0.00898. The Morgan fingerprint density at radius 3 is 1.73 bits per heavy atom. The molecule has 0 spiro atoms. The molecule has 0 atom stereocenters. The maximum absolute atomic E-state index is 14.9. The summed E-state index contributed by atoms with van der Waals surface area (Å²) in [5.41, 5.74) is 1.26. The minimum Gasteiger partial charge on any atom is -0.497 e. The Morgan fingerprint density at radius 1 is 0.515 bits per heavy atom. The molecule has 5 aromatic carbocycles. The SMILES string of the molecule is COc1ccc(-c2c3cc(F)ccc3c(-c3ccc(F)cc3F)c3cc(F)c(F)cc23)cc1. The van der Waals surface area contributed by atoms with Crippen LogP contribution in [0.15, 0.2) is 72.8 Å². The molecule has 33 heavy (non-hydrogen) atoms. The molecule has 5 aromatic rings. The average molecular weight is 450 g/mol. The molecule has 0 unspecified atom stereocenters. The number of hydrogen-bond acceptors (Lipinski definition) is 1. The molecule has 0 amide bonds. The van der Waals surface area contributed by atoms with Gasteiger partial charge in [0.1, 0.15) is 23.2 Å². The van der Waals surface area contributed by atoms with Gasteiger partial charge in [0.2, 0.25) is 0 Å². The van der Waals surface area contributed by atoms with Gasteiger partial charge in [-0.05, 0) is 81.2 Å². The first kappa shape index (κ1) is 20.9. The molecule has 5 rings (SSSR count). The van der Waals surface area contributed by atoms with E-state index in [1.54, 1.807) is 24.3 Å². The Hall–Kier alpha value is -3.93. The molecule has 0 saturated heterocycles. The number of hydrogen-bond donors (Lipinski definition) is 0. The molecule has 0 bridgehead atoms. The second-order valence-electron chi connectivity index (χ2n) is 7.60. The maximum Gasteiger partial charge on any atom is 0.159 e. The van der Waals surface area contributed by atoms with Crippen LogP contribution in [0.2, 0.25) is 0 Å². The highest BCUT2D eigenvalue weighted by Gasteiger charge is 2.21. The molecule has 0 aromatic heterocycles. The lowest BCUT2D eigenvalue weighted by Crippen LogP contribution is -1.96. The monoisotopic (exact) mass is 450 g/mol. The number of methoxy groups -OCH3 is 1. The van der Waals surface area contributed by atoms with E-state index in [2.05, 4.69) is 0 Å². The summed E-state index contributed by atoms with van der Waals surface area (Å²) in [4.78, 5) is 0. The predicted molar refractivity (Wildman–Crippen MR) is 119 cm³/mol. The third-order valence-corrected chi connectivity index (χ3v) is 5.70. The molecular weight excluding hydrogens is 435 g/mol. The summed E-state index contributed by atoms with van der Waals surface area (Å²) in [6, 6.07) is 15.8. The van der Waals surface area contributed by atoms with Crippen LogP contribution in [0.25, 0.3) is 43.8 Å². The van der Waals surface area contributed by atoms with Crippen molar-refractivity contribution in [2.45, 2.75) is 0 Å². The van der Waals surface area contributed by atoms with Crippen LogP contribution in [0.1, 0.15) is 0 Å². The number of benzene rings is 5. The summed E-state index contributed by atoms with van der Waals surface area (Å²) in [6.45, 7) is 0. The van der Waals surface area contributed by atoms with E-state index in [1.165, 1.54) is 31.4 Å². The third kappa shape index (κ3) is 3.48. The molecule has 0 aliphatic rings. The van der Waals surface area contributed by atoms with Crippen LogP contribution >= 0.6 is 0 Å². The van der Waals surface area contributed by atoms with E-state index >= 15 is 0 Å². The first-order chi connectivity index (χ1) is 15.9. The maximum atomic E-state index is 14.9. The van der Waals surface area contributed by atoms with Crippen LogP contribution in [0, 0.1) is 29.1 Å². The smallest absolute Gasteiger partial charge is 0.159 e. The molecule has 0 fully saturated rings. The van der Waals surface area contributed by atoms with Crippen molar-refractivity contribution in [3.8, 4) is 28.0 Å². The van der Waals surface area contributed by atoms with Crippen molar-refractivity contribution >= 4 is 21.5 Å². The molecule has 0 aliphatic heterocycles. The Bertz CT molecular complexity index is 1540. The summed E-state index contributed by atoms with van der Waals surface area (Å²) in [5.74, 6) is -3.83. The second-order valence-corrected chi connectivity index (χ2v) is 7.60. The first-order valence-corrected chi connectivity index (χ1v) is 10.0. The fraction of sp³-hybridized carbons (Fsp3) is 0.0370. The molecule has 0 N–H and O–H groups in total. The summed E-state index contributed by atoms with van der Waals surface area (Å²) in [5, 5.41) is 1.25. The van der Waals surface area contributed by atoms with E-state index < -0.39 is 29.1 Å². The normalized spacial score (nSPS) is 11.3. The summed E-state index contributed by atoms with van der Waals surface area (Å²) in [7, 11) is 1.51. The zero-order chi connectivity index (χ0) is 23.3. The predicted octanol–water partition coefficient (Wildman–Crippen LogP) is 8.03. The number of ether oxygens (including phenoxy) is 1. The summed E-state index contributed by atoms with van der Waals surface area (Å²) >= 11 is 0.